The third-order valence-corrected chi connectivity index (χ3v) is 1.78. The summed E-state index contributed by atoms with van der Waals surface area (Å²) in [5.74, 6) is 0. The summed E-state index contributed by atoms with van der Waals surface area (Å²) in [4.78, 5) is 3.68. The van der Waals surface area contributed by atoms with Crippen molar-refractivity contribution in [1.82, 2.24) is 4.98 Å². The lowest BCUT2D eigenvalue weighted by atomic mass is 10.1. The Morgan fingerprint density at radius 1 is 1.31 bits per heavy atom. The van der Waals surface area contributed by atoms with Gasteiger partial charge in [0, 0.05) is 12.4 Å². The van der Waals surface area contributed by atoms with Crippen molar-refractivity contribution in [3.8, 4) is 0 Å². The van der Waals surface area contributed by atoms with Crippen LogP contribution in [-0.4, -0.2) is 11.2 Å². The Kier molecular flexibility index (Phi) is 2.90. The van der Waals surface area contributed by atoms with Crippen LogP contribution in [0.1, 0.15) is 18.1 Å². The molecule has 0 N–H and O–H groups in total. The summed E-state index contributed by atoms with van der Waals surface area (Å²) >= 11 is 0. The molecule has 0 aliphatic rings. The van der Waals surface area contributed by atoms with E-state index in [1.807, 2.05) is 6.92 Å². The van der Waals surface area contributed by atoms with Crippen molar-refractivity contribution in [3.63, 3.8) is 0 Å². The molecule has 0 saturated heterocycles. The number of nitrogens with zero attached hydrogens (tertiary/aromatic N) is 1. The number of pyridine rings is 1. The van der Waals surface area contributed by atoms with Gasteiger partial charge in [0.2, 0.25) is 0 Å². The lowest BCUT2D eigenvalue weighted by Gasteiger charge is -2.09. The number of aromatic nitrogens is 1. The van der Waals surface area contributed by atoms with E-state index in [0.717, 1.165) is 0 Å². The molecule has 0 aromatic carbocycles. The zero-order valence-corrected chi connectivity index (χ0v) is 7.23. The normalized spacial score (nSPS) is 11.7. The van der Waals surface area contributed by atoms with E-state index in [1.54, 1.807) is 6.07 Å². The highest BCUT2D eigenvalue weighted by Crippen LogP contribution is 2.22. The van der Waals surface area contributed by atoms with Crippen LogP contribution in [0.4, 0.5) is 13.2 Å². The standard InChI is InChI=1S/C9H10F3N/c1-2-7-3-4-13-6-8(7)5-9(10,11)12/h3-4,6H,2,5H2,1H3. The minimum Gasteiger partial charge on any atom is -0.264 e. The second-order valence-electron chi connectivity index (χ2n) is 2.79. The molecule has 0 aliphatic carbocycles. The first kappa shape index (κ1) is 10.0. The van der Waals surface area contributed by atoms with Gasteiger partial charge in [0.25, 0.3) is 0 Å². The molecule has 0 radical (unpaired) electrons. The van der Waals surface area contributed by atoms with Gasteiger partial charge in [0.05, 0.1) is 6.42 Å². The number of hydrogen-bond acceptors (Lipinski definition) is 1. The average Bonchev–Trinajstić information content (AvgIpc) is 2.02. The van der Waals surface area contributed by atoms with Crippen molar-refractivity contribution >= 4 is 0 Å². The van der Waals surface area contributed by atoms with Gasteiger partial charge < -0.3 is 0 Å². The highest BCUT2D eigenvalue weighted by molar-refractivity contribution is 5.23. The zero-order valence-electron chi connectivity index (χ0n) is 7.23. The fourth-order valence-corrected chi connectivity index (χ4v) is 1.18. The highest BCUT2D eigenvalue weighted by atomic mass is 19.4. The Morgan fingerprint density at radius 3 is 2.54 bits per heavy atom. The fourth-order valence-electron chi connectivity index (χ4n) is 1.18. The topological polar surface area (TPSA) is 12.9 Å². The Morgan fingerprint density at radius 2 is 2.00 bits per heavy atom. The van der Waals surface area contributed by atoms with Crippen molar-refractivity contribution in [2.24, 2.45) is 0 Å². The predicted octanol–water partition coefficient (Wildman–Crippen LogP) is 2.75. The number of alkyl halides is 3. The van der Waals surface area contributed by atoms with Crippen LogP contribution < -0.4 is 0 Å². The summed E-state index contributed by atoms with van der Waals surface area (Å²) in [6.07, 6.45) is -1.63. The quantitative estimate of drug-likeness (QED) is 0.697. The maximum Gasteiger partial charge on any atom is 0.393 e. The van der Waals surface area contributed by atoms with Crippen molar-refractivity contribution in [2.75, 3.05) is 0 Å². The number of rotatable bonds is 2. The van der Waals surface area contributed by atoms with E-state index < -0.39 is 12.6 Å². The van der Waals surface area contributed by atoms with Crippen LogP contribution in [0.25, 0.3) is 0 Å². The molecule has 1 nitrogen and oxygen atoms in total. The molecule has 1 aromatic heterocycles. The lowest BCUT2D eigenvalue weighted by Crippen LogP contribution is -2.13. The van der Waals surface area contributed by atoms with E-state index in [1.165, 1.54) is 12.4 Å². The van der Waals surface area contributed by atoms with Crippen molar-refractivity contribution in [1.29, 1.82) is 0 Å². The van der Waals surface area contributed by atoms with Crippen LogP contribution in [0.2, 0.25) is 0 Å². The lowest BCUT2D eigenvalue weighted by molar-refractivity contribution is -0.127. The van der Waals surface area contributed by atoms with Gasteiger partial charge in [-0.15, -0.1) is 0 Å². The van der Waals surface area contributed by atoms with E-state index >= 15 is 0 Å². The molecular weight excluding hydrogens is 179 g/mol. The van der Waals surface area contributed by atoms with Crippen molar-refractivity contribution < 1.29 is 13.2 Å². The van der Waals surface area contributed by atoms with Gasteiger partial charge in [-0.2, -0.15) is 13.2 Å². The maximum atomic E-state index is 12.0. The Hall–Kier alpha value is -1.06. The highest BCUT2D eigenvalue weighted by Gasteiger charge is 2.28. The predicted molar refractivity (Wildman–Crippen MR) is 43.4 cm³/mol. The molecule has 0 atom stereocenters. The molecular formula is C9H10F3N. The first-order valence-electron chi connectivity index (χ1n) is 4.01. The smallest absolute Gasteiger partial charge is 0.264 e. The zero-order chi connectivity index (χ0) is 9.90. The molecule has 1 aromatic rings. The van der Waals surface area contributed by atoms with E-state index in [2.05, 4.69) is 4.98 Å². The summed E-state index contributed by atoms with van der Waals surface area (Å²) < 4.78 is 36.1. The van der Waals surface area contributed by atoms with Gasteiger partial charge in [0.1, 0.15) is 0 Å². The molecule has 0 bridgehead atoms. The summed E-state index contributed by atoms with van der Waals surface area (Å²) in [5.41, 5.74) is 0.991. The molecule has 0 amide bonds. The van der Waals surface area contributed by atoms with E-state index in [0.29, 0.717) is 12.0 Å². The summed E-state index contributed by atoms with van der Waals surface area (Å²) in [6.45, 7) is 1.83. The third-order valence-electron chi connectivity index (χ3n) is 1.78. The molecule has 0 spiro atoms. The fraction of sp³-hybridized carbons (Fsp3) is 0.444. The van der Waals surface area contributed by atoms with E-state index in [-0.39, 0.29) is 5.56 Å². The molecule has 13 heavy (non-hydrogen) atoms. The molecule has 0 saturated carbocycles. The van der Waals surface area contributed by atoms with Crippen LogP contribution in [0.3, 0.4) is 0 Å². The second kappa shape index (κ2) is 3.77. The van der Waals surface area contributed by atoms with Crippen LogP contribution in [0, 0.1) is 0 Å². The monoisotopic (exact) mass is 189 g/mol. The van der Waals surface area contributed by atoms with Gasteiger partial charge >= 0.3 is 6.18 Å². The Labute approximate surface area is 74.6 Å². The molecule has 0 aliphatic heterocycles. The minimum atomic E-state index is -4.15. The molecule has 1 rings (SSSR count). The number of halogens is 3. The second-order valence-corrected chi connectivity index (χ2v) is 2.79. The Bertz CT molecular complexity index is 280. The Balaban J connectivity index is 2.87. The van der Waals surface area contributed by atoms with Gasteiger partial charge in [0.15, 0.2) is 0 Å². The number of hydrogen-bond donors (Lipinski definition) is 0. The van der Waals surface area contributed by atoms with Crippen LogP contribution in [0.5, 0.6) is 0 Å². The van der Waals surface area contributed by atoms with E-state index in [4.69, 9.17) is 0 Å². The van der Waals surface area contributed by atoms with Crippen LogP contribution in [-0.2, 0) is 12.8 Å². The summed E-state index contributed by atoms with van der Waals surface area (Å²) in [7, 11) is 0. The van der Waals surface area contributed by atoms with Gasteiger partial charge in [-0.05, 0) is 23.6 Å². The summed E-state index contributed by atoms with van der Waals surface area (Å²) in [6, 6.07) is 1.63. The van der Waals surface area contributed by atoms with Gasteiger partial charge in [-0.25, -0.2) is 0 Å². The SMILES string of the molecule is CCc1ccncc1CC(F)(F)F. The van der Waals surface area contributed by atoms with Gasteiger partial charge in [-0.3, -0.25) is 4.98 Å². The minimum absolute atomic E-state index is 0.275. The molecule has 4 heteroatoms. The first-order chi connectivity index (χ1) is 6.03. The molecule has 0 unspecified atom stereocenters. The molecule has 72 valence electrons. The number of aryl methyl sites for hydroxylation is 1. The summed E-state index contributed by atoms with van der Waals surface area (Å²) in [5, 5.41) is 0. The third kappa shape index (κ3) is 3.05. The van der Waals surface area contributed by atoms with Crippen LogP contribution in [0.15, 0.2) is 18.5 Å². The largest absolute Gasteiger partial charge is 0.393 e. The molecule has 0 fully saturated rings. The van der Waals surface area contributed by atoms with Crippen molar-refractivity contribution in [3.05, 3.63) is 29.6 Å². The van der Waals surface area contributed by atoms with Crippen molar-refractivity contribution in [2.45, 2.75) is 25.9 Å². The van der Waals surface area contributed by atoms with E-state index in [9.17, 15) is 13.2 Å². The average molecular weight is 189 g/mol. The molecule has 1 heterocycles. The van der Waals surface area contributed by atoms with Crippen LogP contribution >= 0.6 is 0 Å². The maximum absolute atomic E-state index is 12.0. The van der Waals surface area contributed by atoms with Gasteiger partial charge in [-0.1, -0.05) is 6.92 Å². The first-order valence-corrected chi connectivity index (χ1v) is 4.01.